The maximum absolute atomic E-state index is 13.1. The van der Waals surface area contributed by atoms with Crippen molar-refractivity contribution in [3.63, 3.8) is 0 Å². The van der Waals surface area contributed by atoms with Crippen molar-refractivity contribution in [2.24, 2.45) is 0 Å². The van der Waals surface area contributed by atoms with Crippen LogP contribution in [-0.2, 0) is 65.4 Å². The lowest BCUT2D eigenvalue weighted by Gasteiger charge is -2.21. The largest absolute Gasteiger partial charge is 0.472 e. The molecule has 3 N–H and O–H groups in total. The van der Waals surface area contributed by atoms with Crippen molar-refractivity contribution in [3.8, 4) is 0 Å². The molecule has 0 aromatic heterocycles. The molecule has 0 aliphatic rings. The third-order valence-electron chi connectivity index (χ3n) is 15.4. The lowest BCUT2D eigenvalue weighted by Crippen LogP contribution is -2.30. The highest BCUT2D eigenvalue weighted by Gasteiger charge is 2.30. The number of ether oxygens (including phenoxy) is 4. The summed E-state index contributed by atoms with van der Waals surface area (Å²) in [6, 6.07) is 0. The van der Waals surface area contributed by atoms with Gasteiger partial charge in [-0.25, -0.2) is 9.13 Å². The standard InChI is InChI=1S/C79H134O17P2/c1-5-9-13-17-21-25-29-33-34-35-36-37-38-42-44-48-52-56-60-64-77(82)90-70-75(96-79(84)66-62-58-54-50-46-41-32-28-24-20-16-12-8-4)72-94-98(87,88)92-68-73(80)67-91-97(85,86)93-71-74(95-78(83)65-61-57-53-49-45-40-31-27-23-19-15-11-7-3)69-89-76(81)63-59-55-51-47-43-39-30-26-22-18-14-10-6-2/h9,13-14,18,21,25-28,30-34,36-37,42,44,52,56,73-75,80H,5-8,10-12,15-17,19-20,22-24,29,35,38-41,43,45-51,53-55,57-72H2,1-4H3,(H,85,86)(H,87,88)/b13-9-,18-14-,25-21-,30-26-,31-27-,32-28-,34-33-,37-36-,44-42-,56-52-. The van der Waals surface area contributed by atoms with E-state index in [0.29, 0.717) is 32.1 Å². The van der Waals surface area contributed by atoms with Gasteiger partial charge in [-0.05, 0) is 141 Å². The van der Waals surface area contributed by atoms with Gasteiger partial charge in [0.1, 0.15) is 19.3 Å². The molecular formula is C79H134O17P2. The van der Waals surface area contributed by atoms with Gasteiger partial charge < -0.3 is 33.8 Å². The fourth-order valence-corrected chi connectivity index (χ4v) is 11.2. The molecule has 0 heterocycles. The number of aliphatic hydroxyl groups is 1. The summed E-state index contributed by atoms with van der Waals surface area (Å²) in [6.07, 6.45) is 76.4. The average Bonchev–Trinajstić information content (AvgIpc) is 0.966. The van der Waals surface area contributed by atoms with E-state index in [9.17, 15) is 43.2 Å². The summed E-state index contributed by atoms with van der Waals surface area (Å²) < 4.78 is 68.3. The van der Waals surface area contributed by atoms with Crippen LogP contribution in [0.3, 0.4) is 0 Å². The van der Waals surface area contributed by atoms with Crippen LogP contribution in [-0.4, -0.2) is 96.7 Å². The average molecular weight is 1420 g/mol. The molecule has 19 heteroatoms. The highest BCUT2D eigenvalue weighted by Crippen LogP contribution is 2.45. The van der Waals surface area contributed by atoms with E-state index in [-0.39, 0.29) is 25.7 Å². The molecule has 5 unspecified atom stereocenters. The van der Waals surface area contributed by atoms with Gasteiger partial charge in [-0.2, -0.15) is 0 Å². The van der Waals surface area contributed by atoms with Crippen LogP contribution in [0.25, 0.3) is 0 Å². The number of phosphoric ester groups is 2. The quantitative estimate of drug-likeness (QED) is 0.0169. The number of esters is 4. The van der Waals surface area contributed by atoms with E-state index in [1.807, 2.05) is 18.2 Å². The fraction of sp³-hybridized carbons (Fsp3) is 0.696. The van der Waals surface area contributed by atoms with Gasteiger partial charge in [0.2, 0.25) is 0 Å². The van der Waals surface area contributed by atoms with Gasteiger partial charge >= 0.3 is 39.5 Å². The summed E-state index contributed by atoms with van der Waals surface area (Å²) in [7, 11) is -9.97. The topological polar surface area (TPSA) is 237 Å². The summed E-state index contributed by atoms with van der Waals surface area (Å²) in [5, 5.41) is 10.6. The van der Waals surface area contributed by atoms with E-state index in [2.05, 4.69) is 131 Å². The zero-order chi connectivity index (χ0) is 71.8. The SMILES string of the molecule is CC/C=C\C/C=C\C/C=C\C/C=C\C/C=C\C/C=C\CCC(=O)OCC(COP(=O)(O)OCC(O)COP(=O)(O)OCC(COC(=O)CCCCCCC/C=C\C/C=C\CCC)OC(=O)CCCCCCC/C=C\CCCCCC)OC(=O)CCCCCCC/C=C\CCCCCC. The lowest BCUT2D eigenvalue weighted by molar-refractivity contribution is -0.161. The highest BCUT2D eigenvalue weighted by atomic mass is 31.2. The third kappa shape index (κ3) is 69.9. The van der Waals surface area contributed by atoms with Crippen LogP contribution in [0.15, 0.2) is 122 Å². The molecule has 0 aromatic rings. The van der Waals surface area contributed by atoms with Crippen molar-refractivity contribution >= 4 is 39.5 Å². The highest BCUT2D eigenvalue weighted by molar-refractivity contribution is 7.47. The zero-order valence-corrected chi connectivity index (χ0v) is 63.0. The van der Waals surface area contributed by atoms with Gasteiger partial charge in [-0.3, -0.25) is 37.3 Å². The Morgan fingerprint density at radius 3 is 0.929 bits per heavy atom. The summed E-state index contributed by atoms with van der Waals surface area (Å²) in [4.78, 5) is 72.7. The number of hydrogen-bond donors (Lipinski definition) is 3. The van der Waals surface area contributed by atoms with E-state index in [4.69, 9.17) is 37.0 Å². The number of allylic oxidation sites excluding steroid dienone is 20. The molecule has 17 nitrogen and oxygen atoms in total. The summed E-state index contributed by atoms with van der Waals surface area (Å²) >= 11 is 0. The first-order chi connectivity index (χ1) is 47.7. The van der Waals surface area contributed by atoms with Crippen molar-refractivity contribution in [2.45, 2.75) is 316 Å². The lowest BCUT2D eigenvalue weighted by atomic mass is 10.1. The second-order valence-corrected chi connectivity index (χ2v) is 27.8. The Bertz CT molecular complexity index is 2340. The van der Waals surface area contributed by atoms with Crippen LogP contribution in [0.2, 0.25) is 0 Å². The van der Waals surface area contributed by atoms with E-state index < -0.39 is 97.5 Å². The van der Waals surface area contributed by atoms with Crippen molar-refractivity contribution in [3.05, 3.63) is 122 Å². The van der Waals surface area contributed by atoms with Crippen molar-refractivity contribution in [1.29, 1.82) is 0 Å². The van der Waals surface area contributed by atoms with Crippen molar-refractivity contribution in [1.82, 2.24) is 0 Å². The minimum Gasteiger partial charge on any atom is -0.462 e. The van der Waals surface area contributed by atoms with Gasteiger partial charge in [0, 0.05) is 25.7 Å². The van der Waals surface area contributed by atoms with Gasteiger partial charge in [0.25, 0.3) is 0 Å². The zero-order valence-electron chi connectivity index (χ0n) is 61.2. The van der Waals surface area contributed by atoms with Crippen LogP contribution < -0.4 is 0 Å². The van der Waals surface area contributed by atoms with E-state index in [0.717, 1.165) is 161 Å². The molecule has 562 valence electrons. The second-order valence-electron chi connectivity index (χ2n) is 24.8. The second kappa shape index (κ2) is 70.9. The number of phosphoric acid groups is 2. The van der Waals surface area contributed by atoms with Crippen molar-refractivity contribution < 1.29 is 80.2 Å². The minimum atomic E-state index is -4.99. The number of rotatable bonds is 70. The number of hydrogen-bond acceptors (Lipinski definition) is 15. The molecule has 0 saturated heterocycles. The monoisotopic (exact) mass is 1420 g/mol. The van der Waals surface area contributed by atoms with Crippen LogP contribution in [0.4, 0.5) is 0 Å². The molecule has 0 amide bonds. The molecule has 0 aliphatic carbocycles. The summed E-state index contributed by atoms with van der Waals surface area (Å²) in [6.45, 7) is 4.54. The number of carbonyl (C=O) groups is 4. The van der Waals surface area contributed by atoms with E-state index in [1.165, 1.54) is 51.4 Å². The fourth-order valence-electron chi connectivity index (χ4n) is 9.62. The maximum atomic E-state index is 13.1. The van der Waals surface area contributed by atoms with Crippen LogP contribution in [0, 0.1) is 0 Å². The smallest absolute Gasteiger partial charge is 0.462 e. The summed E-state index contributed by atoms with van der Waals surface area (Å²) in [5.74, 6) is -2.31. The van der Waals surface area contributed by atoms with Crippen LogP contribution in [0.1, 0.15) is 297 Å². The Morgan fingerprint density at radius 1 is 0.296 bits per heavy atom. The molecule has 0 saturated carbocycles. The molecule has 0 bridgehead atoms. The first-order valence-corrected chi connectivity index (χ1v) is 40.8. The molecule has 98 heavy (non-hydrogen) atoms. The maximum Gasteiger partial charge on any atom is 0.472 e. The molecule has 0 rings (SSSR count). The van der Waals surface area contributed by atoms with Gasteiger partial charge in [0.15, 0.2) is 12.2 Å². The molecule has 0 spiro atoms. The summed E-state index contributed by atoms with van der Waals surface area (Å²) in [5.41, 5.74) is 0. The molecule has 0 fully saturated rings. The molecule has 0 aromatic carbocycles. The van der Waals surface area contributed by atoms with Crippen LogP contribution >= 0.6 is 15.6 Å². The normalized spacial score (nSPS) is 14.6. The first-order valence-electron chi connectivity index (χ1n) is 37.8. The Kier molecular flexibility index (Phi) is 67.6. The Morgan fingerprint density at radius 2 is 0.571 bits per heavy atom. The Hall–Kier alpha value is -4.54. The third-order valence-corrected chi connectivity index (χ3v) is 17.3. The molecular weight excluding hydrogens is 1280 g/mol. The number of carbonyl (C=O) groups excluding carboxylic acids is 4. The van der Waals surface area contributed by atoms with Gasteiger partial charge in [0.05, 0.1) is 26.4 Å². The van der Waals surface area contributed by atoms with Crippen LogP contribution in [0.5, 0.6) is 0 Å². The van der Waals surface area contributed by atoms with Gasteiger partial charge in [-0.15, -0.1) is 0 Å². The minimum absolute atomic E-state index is 0.0326. The predicted molar refractivity (Wildman–Crippen MR) is 399 cm³/mol. The molecule has 5 atom stereocenters. The number of unbranched alkanes of at least 4 members (excludes halogenated alkanes) is 24. The van der Waals surface area contributed by atoms with Gasteiger partial charge in [-0.1, -0.05) is 252 Å². The predicted octanol–water partition coefficient (Wildman–Crippen LogP) is 21.6. The van der Waals surface area contributed by atoms with E-state index in [1.54, 1.807) is 0 Å². The molecule has 0 aliphatic heterocycles. The Balaban J connectivity index is 5.41. The Labute approximate surface area is 593 Å². The van der Waals surface area contributed by atoms with Crippen molar-refractivity contribution in [2.75, 3.05) is 39.6 Å². The number of aliphatic hydroxyl groups excluding tert-OH is 1. The first kappa shape index (κ1) is 93.5. The van der Waals surface area contributed by atoms with E-state index >= 15 is 0 Å². The molecule has 0 radical (unpaired) electrons.